The van der Waals surface area contributed by atoms with Crippen molar-refractivity contribution in [2.24, 2.45) is 5.41 Å². The minimum atomic E-state index is -1.69. The predicted octanol–water partition coefficient (Wildman–Crippen LogP) is 8.40. The fraction of sp³-hybridized carbons (Fsp3) is 0.489. The molecule has 300 valence electrons. The van der Waals surface area contributed by atoms with E-state index in [1.807, 2.05) is 50.2 Å². The van der Waals surface area contributed by atoms with Crippen molar-refractivity contribution in [3.63, 3.8) is 0 Å². The second-order valence-corrected chi connectivity index (χ2v) is 16.4. The Labute approximate surface area is 331 Å². The molecule has 1 aliphatic carbocycles. The van der Waals surface area contributed by atoms with Crippen LogP contribution in [0, 0.1) is 5.41 Å². The lowest BCUT2D eigenvalue weighted by Crippen LogP contribution is -2.54. The number of hydrogen-bond acceptors (Lipinski definition) is 7. The average molecular weight is 767 g/mol. The molecule has 1 aliphatic heterocycles. The summed E-state index contributed by atoms with van der Waals surface area (Å²) in [6.07, 6.45) is 3.02. The molecule has 11 heteroatoms. The van der Waals surface area contributed by atoms with Crippen LogP contribution in [-0.2, 0) is 36.6 Å². The number of carbonyl (C=O) groups excluding carboxylic acids is 5. The maximum Gasteiger partial charge on any atom is 0.328 e. The summed E-state index contributed by atoms with van der Waals surface area (Å²) in [5, 5.41) is 5.69. The normalized spacial score (nSPS) is 16.3. The fourth-order valence-electron chi connectivity index (χ4n) is 7.08. The summed E-state index contributed by atoms with van der Waals surface area (Å²) in [6.45, 7) is 16.7. The number of imide groups is 1. The van der Waals surface area contributed by atoms with Crippen molar-refractivity contribution in [3.8, 4) is 11.5 Å². The monoisotopic (exact) mass is 766 g/mol. The molecule has 3 aromatic carbocycles. The van der Waals surface area contributed by atoms with Crippen LogP contribution in [0.3, 0.4) is 0 Å². The summed E-state index contributed by atoms with van der Waals surface area (Å²) < 4.78 is 12.0. The Hall–Kier alpha value is -5.19. The number of urea groups is 1. The first kappa shape index (κ1) is 42.0. The van der Waals surface area contributed by atoms with Gasteiger partial charge in [0.15, 0.2) is 17.9 Å². The van der Waals surface area contributed by atoms with E-state index in [1.165, 1.54) is 23.6 Å². The highest BCUT2D eigenvalue weighted by atomic mass is 16.5. The Morgan fingerprint density at radius 1 is 0.821 bits per heavy atom. The second kappa shape index (κ2) is 16.9. The van der Waals surface area contributed by atoms with E-state index >= 15 is 0 Å². The topological polar surface area (TPSA) is 134 Å². The summed E-state index contributed by atoms with van der Waals surface area (Å²) in [7, 11) is 1.43. The van der Waals surface area contributed by atoms with Gasteiger partial charge in [0.25, 0.3) is 17.7 Å². The minimum Gasteiger partial charge on any atom is -0.495 e. The minimum absolute atomic E-state index is 0.0228. The van der Waals surface area contributed by atoms with Crippen LogP contribution in [-0.4, -0.2) is 65.1 Å². The number of amides is 5. The molecule has 1 saturated carbocycles. The van der Waals surface area contributed by atoms with Gasteiger partial charge >= 0.3 is 6.03 Å². The van der Waals surface area contributed by atoms with E-state index in [2.05, 4.69) is 64.3 Å². The molecule has 0 radical (unpaired) electrons. The Morgan fingerprint density at radius 2 is 1.48 bits per heavy atom. The Kier molecular flexibility index (Phi) is 12.7. The first-order chi connectivity index (χ1) is 26.5. The summed E-state index contributed by atoms with van der Waals surface area (Å²) >= 11 is 0. The molecule has 5 rings (SSSR count). The molecule has 2 N–H and O–H groups in total. The lowest BCUT2D eigenvalue weighted by atomic mass is 9.76. The maximum absolute atomic E-state index is 14.2. The molecule has 0 bridgehead atoms. The number of rotatable bonds is 18. The quantitative estimate of drug-likeness (QED) is 0.0981. The largest absolute Gasteiger partial charge is 0.495 e. The third kappa shape index (κ3) is 8.77. The summed E-state index contributed by atoms with van der Waals surface area (Å²) in [6, 6.07) is 17.8. The van der Waals surface area contributed by atoms with Crippen LogP contribution in [0.15, 0.2) is 66.7 Å². The smallest absolute Gasteiger partial charge is 0.328 e. The van der Waals surface area contributed by atoms with Crippen molar-refractivity contribution in [2.45, 2.75) is 123 Å². The predicted molar refractivity (Wildman–Crippen MR) is 218 cm³/mol. The number of anilines is 2. The average Bonchev–Trinajstić information content (AvgIpc) is 3.95. The maximum atomic E-state index is 14.2. The van der Waals surface area contributed by atoms with Crippen LogP contribution in [0.2, 0.25) is 0 Å². The van der Waals surface area contributed by atoms with Gasteiger partial charge in [0.2, 0.25) is 0 Å². The van der Waals surface area contributed by atoms with Gasteiger partial charge in [0.05, 0.1) is 12.8 Å². The molecule has 0 spiro atoms. The number of Topliss-reactive ketones (excluding diaryl/α,β-unsaturated/α-hetero) is 1. The van der Waals surface area contributed by atoms with Crippen LogP contribution in [0.1, 0.15) is 111 Å². The van der Waals surface area contributed by atoms with E-state index in [4.69, 9.17) is 9.47 Å². The second-order valence-electron chi connectivity index (χ2n) is 16.4. The number of benzene rings is 3. The molecule has 2 fully saturated rings. The van der Waals surface area contributed by atoms with E-state index in [0.29, 0.717) is 37.1 Å². The van der Waals surface area contributed by atoms with Crippen molar-refractivity contribution in [2.75, 3.05) is 24.3 Å². The van der Waals surface area contributed by atoms with Gasteiger partial charge in [0.1, 0.15) is 18.0 Å². The van der Waals surface area contributed by atoms with Gasteiger partial charge in [-0.25, -0.2) is 9.69 Å². The fourth-order valence-corrected chi connectivity index (χ4v) is 7.08. The highest BCUT2D eigenvalue weighted by molar-refractivity contribution is 6.19. The van der Waals surface area contributed by atoms with E-state index in [-0.39, 0.29) is 41.3 Å². The van der Waals surface area contributed by atoms with E-state index in [1.54, 1.807) is 12.1 Å². The molecule has 1 heterocycles. The van der Waals surface area contributed by atoms with Gasteiger partial charge in [0, 0.05) is 23.2 Å². The van der Waals surface area contributed by atoms with Crippen LogP contribution < -0.4 is 20.1 Å². The van der Waals surface area contributed by atoms with Gasteiger partial charge in [-0.3, -0.25) is 19.2 Å². The molecule has 2 aliphatic rings. The highest BCUT2D eigenvalue weighted by Gasteiger charge is 2.56. The zero-order valence-corrected chi connectivity index (χ0v) is 34.4. The number of nitrogens with one attached hydrogen (secondary N) is 2. The number of methoxy groups -OCH3 is 1. The van der Waals surface area contributed by atoms with Crippen LogP contribution >= 0.6 is 0 Å². The Bertz CT molecular complexity index is 1950. The first-order valence-electron chi connectivity index (χ1n) is 19.8. The molecule has 5 amide bonds. The number of ketones is 1. The molecule has 11 nitrogen and oxygen atoms in total. The zero-order valence-electron chi connectivity index (χ0n) is 34.4. The van der Waals surface area contributed by atoms with Crippen molar-refractivity contribution < 1.29 is 33.4 Å². The number of nitrogens with zero attached hydrogens (tertiary/aromatic N) is 2. The van der Waals surface area contributed by atoms with Gasteiger partial charge in [-0.05, 0) is 84.7 Å². The molecule has 2 atom stereocenters. The van der Waals surface area contributed by atoms with Gasteiger partial charge in [-0.1, -0.05) is 97.9 Å². The Balaban J connectivity index is 1.39. The molecule has 0 aromatic heterocycles. The first-order valence-corrected chi connectivity index (χ1v) is 19.8. The molecule has 1 saturated heterocycles. The summed E-state index contributed by atoms with van der Waals surface area (Å²) in [5.74, 6) is -1.40. The van der Waals surface area contributed by atoms with Gasteiger partial charge in [-0.2, -0.15) is 0 Å². The molecule has 3 aromatic rings. The van der Waals surface area contributed by atoms with Crippen LogP contribution in [0.25, 0.3) is 0 Å². The number of carbonyl (C=O) groups is 5. The summed E-state index contributed by atoms with van der Waals surface area (Å²) in [4.78, 5) is 71.5. The SMILES string of the molecule is CCC(Oc1ccc(C(C)(C)CC)cc1C(C)(C)CC)C(=O)Nc1ccc(OC)c(NC(=O)C(C(=O)C2(CC)CC2)N2C(=O)CN(Cc3ccccc3)C2=O)c1. The third-order valence-corrected chi connectivity index (χ3v) is 12.0. The van der Waals surface area contributed by atoms with Crippen LogP contribution in [0.5, 0.6) is 11.5 Å². The highest BCUT2D eigenvalue weighted by Crippen LogP contribution is 2.51. The lowest BCUT2D eigenvalue weighted by molar-refractivity contribution is -0.141. The van der Waals surface area contributed by atoms with E-state index in [9.17, 15) is 24.0 Å². The third-order valence-electron chi connectivity index (χ3n) is 12.0. The van der Waals surface area contributed by atoms with Crippen molar-refractivity contribution in [3.05, 3.63) is 83.4 Å². The number of hydrogen-bond donors (Lipinski definition) is 2. The van der Waals surface area contributed by atoms with Crippen molar-refractivity contribution >= 4 is 40.9 Å². The van der Waals surface area contributed by atoms with Crippen molar-refractivity contribution in [1.29, 1.82) is 0 Å². The zero-order chi connectivity index (χ0) is 41.0. The van der Waals surface area contributed by atoms with Gasteiger partial charge < -0.3 is 25.0 Å². The molecule has 56 heavy (non-hydrogen) atoms. The van der Waals surface area contributed by atoms with E-state index in [0.717, 1.165) is 28.9 Å². The van der Waals surface area contributed by atoms with E-state index < -0.39 is 41.2 Å². The molecular weight excluding hydrogens is 709 g/mol. The summed E-state index contributed by atoms with van der Waals surface area (Å²) in [5.41, 5.74) is 2.56. The standard InChI is InChI=1S/C45H58N4O7/c1-10-34(56-35-21-19-30(43(5,6)11-2)25-32(35)44(7,8)12-3)40(52)46-31-20-22-36(55-9)33(26-31)47-41(53)38(39(51)45(13-4)23-24-45)49-37(50)28-48(42(49)54)27-29-17-15-14-16-18-29/h14-22,25-26,34,38H,10-13,23-24,27-28H2,1-9H3,(H,46,52)(H,47,53). The van der Waals surface area contributed by atoms with Crippen molar-refractivity contribution in [1.82, 2.24) is 9.80 Å². The van der Waals surface area contributed by atoms with Crippen LogP contribution in [0.4, 0.5) is 16.2 Å². The number of ether oxygens (including phenoxy) is 2. The van der Waals surface area contributed by atoms with Gasteiger partial charge in [-0.15, -0.1) is 0 Å². The molecule has 2 unspecified atom stereocenters. The Morgan fingerprint density at radius 3 is 2.07 bits per heavy atom. The molecular formula is C45H58N4O7. The lowest BCUT2D eigenvalue weighted by Gasteiger charge is -2.31.